The number of hydrogen-bond acceptors (Lipinski definition) is 11. The third-order valence-electron chi connectivity index (χ3n) is 11.9. The van der Waals surface area contributed by atoms with E-state index in [1.165, 1.54) is 20.3 Å². The maximum absolute atomic E-state index is 15.1. The number of rotatable bonds is 16. The Bertz CT molecular complexity index is 2320. The van der Waals surface area contributed by atoms with Crippen LogP contribution in [0.1, 0.15) is 42.5 Å². The lowest BCUT2D eigenvalue weighted by atomic mass is 9.58. The lowest BCUT2D eigenvalue weighted by Crippen LogP contribution is -2.50. The number of phenolic OH excluding ortho intramolecular Hbond substituents is 4. The average molecular weight is 790 g/mol. The van der Waals surface area contributed by atoms with E-state index in [9.17, 15) is 30.6 Å². The Morgan fingerprint density at radius 3 is 2.45 bits per heavy atom. The number of carbonyl (C=O) groups is 1. The molecule has 0 radical (unpaired) electrons. The molecule has 1 saturated carbocycles. The summed E-state index contributed by atoms with van der Waals surface area (Å²) in [4.78, 5) is 18.4. The number of ketones is 1. The normalized spacial score (nSPS) is 20.1. The number of allylic oxidation sites excluding steroid dienone is 2. The SMILES string of the molecule is COc1cc(CC[C@@H](O)[C@H](C(=O)CCc2cc(O)c(O)c(OC)c2)[C@]2(C3=CCNC(Nc4ccc5cc(O)ccc5c4)=C3)CC[C@@H](O)[C@@H]2Cc2ccc[nH]2)ccc1O. The number of aromatic hydroxyl groups is 4. The van der Waals surface area contributed by atoms with Gasteiger partial charge in [-0.25, -0.2) is 0 Å². The van der Waals surface area contributed by atoms with Crippen LogP contribution in [0.25, 0.3) is 10.8 Å². The molecule has 4 aromatic carbocycles. The first-order chi connectivity index (χ1) is 28.0. The van der Waals surface area contributed by atoms with Crippen LogP contribution in [0, 0.1) is 17.3 Å². The van der Waals surface area contributed by atoms with Crippen molar-refractivity contribution in [2.75, 3.05) is 26.1 Å². The molecule has 1 aliphatic carbocycles. The van der Waals surface area contributed by atoms with Crippen LogP contribution >= 0.6 is 0 Å². The number of anilines is 1. The van der Waals surface area contributed by atoms with E-state index in [0.717, 1.165) is 33.3 Å². The van der Waals surface area contributed by atoms with Crippen LogP contribution in [0.5, 0.6) is 34.5 Å². The number of benzene rings is 4. The zero-order chi connectivity index (χ0) is 41.0. The van der Waals surface area contributed by atoms with E-state index in [-0.39, 0.29) is 53.8 Å². The minimum atomic E-state index is -1.15. The van der Waals surface area contributed by atoms with E-state index in [0.29, 0.717) is 49.4 Å². The topological polar surface area (TPSA) is 197 Å². The van der Waals surface area contributed by atoms with Crippen LogP contribution in [0.4, 0.5) is 5.69 Å². The number of aromatic amines is 1. The Labute approximate surface area is 337 Å². The minimum Gasteiger partial charge on any atom is -0.508 e. The monoisotopic (exact) mass is 789 g/mol. The second kappa shape index (κ2) is 17.2. The fourth-order valence-corrected chi connectivity index (χ4v) is 9.07. The number of fused-ring (bicyclic) bond motifs is 1. The molecule has 0 bridgehead atoms. The zero-order valence-corrected chi connectivity index (χ0v) is 32.6. The maximum Gasteiger partial charge on any atom is 0.200 e. The van der Waals surface area contributed by atoms with Gasteiger partial charge in [0.25, 0.3) is 0 Å². The molecule has 0 spiro atoms. The fourth-order valence-electron chi connectivity index (χ4n) is 9.07. The van der Waals surface area contributed by atoms with Crippen LogP contribution in [0.3, 0.4) is 0 Å². The average Bonchev–Trinajstić information content (AvgIpc) is 3.86. The highest BCUT2D eigenvalue weighted by Gasteiger charge is 2.58. The summed E-state index contributed by atoms with van der Waals surface area (Å²) in [6.07, 6.45) is 6.02. The molecule has 0 saturated heterocycles. The summed E-state index contributed by atoms with van der Waals surface area (Å²) in [6, 6.07) is 22.9. The number of ether oxygens (including phenoxy) is 2. The fraction of sp³-hybridized carbons (Fsp3) is 0.326. The smallest absolute Gasteiger partial charge is 0.200 e. The van der Waals surface area contributed by atoms with E-state index >= 15 is 4.79 Å². The molecule has 9 N–H and O–H groups in total. The quantitative estimate of drug-likeness (QED) is 0.0489. The van der Waals surface area contributed by atoms with Crippen molar-refractivity contribution < 1.29 is 44.9 Å². The molecule has 1 aromatic heterocycles. The second-order valence-electron chi connectivity index (χ2n) is 15.3. The highest BCUT2D eigenvalue weighted by atomic mass is 16.5. The van der Waals surface area contributed by atoms with E-state index in [4.69, 9.17) is 9.47 Å². The molecule has 12 nitrogen and oxygen atoms in total. The van der Waals surface area contributed by atoms with E-state index in [2.05, 4.69) is 21.7 Å². The molecule has 2 heterocycles. The highest BCUT2D eigenvalue weighted by molar-refractivity contribution is 5.87. The van der Waals surface area contributed by atoms with Gasteiger partial charge in [0, 0.05) is 41.9 Å². The van der Waals surface area contributed by atoms with Crippen molar-refractivity contribution in [3.63, 3.8) is 0 Å². The van der Waals surface area contributed by atoms with Crippen molar-refractivity contribution in [2.24, 2.45) is 17.3 Å². The number of aliphatic hydroxyl groups excluding tert-OH is 2. The molecule has 0 amide bonds. The number of H-pyrrole nitrogens is 1. The first-order valence-electron chi connectivity index (χ1n) is 19.6. The Balaban J connectivity index is 1.29. The number of aromatic nitrogens is 1. The molecule has 304 valence electrons. The zero-order valence-electron chi connectivity index (χ0n) is 32.6. The number of nitrogens with one attached hydrogen (secondary N) is 3. The predicted octanol–water partition coefficient (Wildman–Crippen LogP) is 6.60. The number of methoxy groups -OCH3 is 2. The first-order valence-corrected chi connectivity index (χ1v) is 19.6. The van der Waals surface area contributed by atoms with Gasteiger partial charge in [-0.15, -0.1) is 0 Å². The van der Waals surface area contributed by atoms with Crippen molar-refractivity contribution in [1.29, 1.82) is 0 Å². The standard InChI is InChI=1S/C46H51N3O9/c1-57-41-21-27(5-12-37(41)52)6-13-38(53)44(39(54)14-7-28-20-40(55)45(56)42(22-28)58-2)46(17-15-36(51)35(46)26-32-4-3-18-47-32)31-16-19-48-43(25-31)49-33-10-8-30-24-34(50)11-9-29(30)23-33/h3-5,8-12,16,18,20-25,35-36,38,44,47-53,55-56H,6-7,13-15,17,19,26H2,1-2H3/t35-,36+,38+,44+,46-/m0/s1. The molecule has 5 aromatic rings. The van der Waals surface area contributed by atoms with Gasteiger partial charge in [-0.2, -0.15) is 0 Å². The molecule has 0 unspecified atom stereocenters. The Morgan fingerprint density at radius 1 is 0.897 bits per heavy atom. The molecule has 2 aliphatic rings. The summed E-state index contributed by atoms with van der Waals surface area (Å²) < 4.78 is 10.6. The largest absolute Gasteiger partial charge is 0.508 e. The Kier molecular flexibility index (Phi) is 11.9. The van der Waals surface area contributed by atoms with Gasteiger partial charge < -0.3 is 55.7 Å². The van der Waals surface area contributed by atoms with Gasteiger partial charge in [0.15, 0.2) is 23.0 Å². The van der Waals surface area contributed by atoms with Gasteiger partial charge in [-0.05, 0) is 133 Å². The summed E-state index contributed by atoms with van der Waals surface area (Å²) in [5, 5.41) is 74.1. The van der Waals surface area contributed by atoms with Crippen molar-refractivity contribution >= 4 is 22.2 Å². The van der Waals surface area contributed by atoms with Crippen LogP contribution in [-0.2, 0) is 24.1 Å². The van der Waals surface area contributed by atoms with E-state index in [1.807, 2.05) is 48.7 Å². The summed E-state index contributed by atoms with van der Waals surface area (Å²) >= 11 is 0. The van der Waals surface area contributed by atoms with Crippen molar-refractivity contribution in [3.05, 3.63) is 125 Å². The highest BCUT2D eigenvalue weighted by Crippen LogP contribution is 2.57. The number of Topliss-reactive ketones (excluding diaryl/α,β-unsaturated/α-hetero) is 1. The molecule has 5 atom stereocenters. The number of carbonyl (C=O) groups excluding carboxylic acids is 1. The van der Waals surface area contributed by atoms with Gasteiger partial charge in [0.1, 0.15) is 17.4 Å². The number of dihydropyridines is 1. The molecule has 58 heavy (non-hydrogen) atoms. The summed E-state index contributed by atoms with van der Waals surface area (Å²) in [7, 11) is 2.86. The Morgan fingerprint density at radius 2 is 1.67 bits per heavy atom. The summed E-state index contributed by atoms with van der Waals surface area (Å²) in [5.41, 5.74) is 2.92. The van der Waals surface area contributed by atoms with Gasteiger partial charge >= 0.3 is 0 Å². The van der Waals surface area contributed by atoms with Crippen molar-refractivity contribution in [2.45, 2.75) is 57.2 Å². The number of phenols is 4. The number of aryl methyl sites for hydroxylation is 2. The van der Waals surface area contributed by atoms with Crippen molar-refractivity contribution in [3.8, 4) is 34.5 Å². The lowest BCUT2D eigenvalue weighted by molar-refractivity contribution is -0.134. The Hall–Kier alpha value is -6.11. The van der Waals surface area contributed by atoms with Gasteiger partial charge in [0.05, 0.1) is 32.3 Å². The molecule has 7 rings (SSSR count). The summed E-state index contributed by atoms with van der Waals surface area (Å²) in [6.45, 7) is 0.430. The third kappa shape index (κ3) is 8.30. The van der Waals surface area contributed by atoms with Gasteiger partial charge in [0.2, 0.25) is 5.75 Å². The summed E-state index contributed by atoms with van der Waals surface area (Å²) in [5.74, 6) is -1.11. The number of aliphatic hydroxyl groups is 2. The van der Waals surface area contributed by atoms with Crippen molar-refractivity contribution in [1.82, 2.24) is 10.3 Å². The lowest BCUT2D eigenvalue weighted by Gasteiger charge is -2.46. The minimum absolute atomic E-state index is 0.000150. The second-order valence-corrected chi connectivity index (χ2v) is 15.3. The third-order valence-corrected chi connectivity index (χ3v) is 11.9. The van der Waals surface area contributed by atoms with Crippen LogP contribution in [0.2, 0.25) is 0 Å². The molecular formula is C46H51N3O9. The van der Waals surface area contributed by atoms with Gasteiger partial charge in [-0.1, -0.05) is 24.3 Å². The predicted molar refractivity (Wildman–Crippen MR) is 221 cm³/mol. The van der Waals surface area contributed by atoms with E-state index < -0.39 is 29.5 Å². The first kappa shape index (κ1) is 40.1. The molecule has 1 fully saturated rings. The van der Waals surface area contributed by atoms with E-state index in [1.54, 1.807) is 36.4 Å². The molecule has 1 aliphatic heterocycles. The van der Waals surface area contributed by atoms with Crippen LogP contribution < -0.4 is 20.1 Å². The molecule has 12 heteroatoms. The maximum atomic E-state index is 15.1. The van der Waals surface area contributed by atoms with Gasteiger partial charge in [-0.3, -0.25) is 4.79 Å². The molecular weight excluding hydrogens is 739 g/mol. The van der Waals surface area contributed by atoms with Crippen LogP contribution in [0.15, 0.2) is 109 Å². The van der Waals surface area contributed by atoms with Crippen LogP contribution in [-0.4, -0.2) is 74.4 Å². The number of hydrogen-bond donors (Lipinski definition) is 9.